The number of hydrogen-bond donors (Lipinski definition) is 1. The molecule has 1 rings (SSSR count). The van der Waals surface area contributed by atoms with Crippen LogP contribution in [-0.4, -0.2) is 19.4 Å². The Morgan fingerprint density at radius 3 is 3.00 bits per heavy atom. The molecule has 0 aliphatic heterocycles. The largest absolute Gasteiger partial charge is 0.320 e. The zero-order chi connectivity index (χ0) is 9.68. The first-order valence-corrected chi connectivity index (χ1v) is 5.83. The lowest BCUT2D eigenvalue weighted by Gasteiger charge is -1.98. The standard InChI is InChI=1S/C9H12BrNOS/c1-11-5-2-3-8(12)9-7(10)4-6-13-9/h4,6,11H,2-3,5H2,1H3. The van der Waals surface area contributed by atoms with Gasteiger partial charge >= 0.3 is 0 Å². The topological polar surface area (TPSA) is 29.1 Å². The van der Waals surface area contributed by atoms with Crippen LogP contribution in [0.4, 0.5) is 0 Å². The van der Waals surface area contributed by atoms with Gasteiger partial charge in [-0.2, -0.15) is 0 Å². The number of hydrogen-bond acceptors (Lipinski definition) is 3. The lowest BCUT2D eigenvalue weighted by molar-refractivity contribution is 0.0983. The van der Waals surface area contributed by atoms with E-state index in [9.17, 15) is 4.79 Å². The Morgan fingerprint density at radius 1 is 1.69 bits per heavy atom. The van der Waals surface area contributed by atoms with Gasteiger partial charge in [0.25, 0.3) is 0 Å². The Kier molecular flexibility index (Phi) is 4.62. The van der Waals surface area contributed by atoms with E-state index in [1.54, 1.807) is 0 Å². The lowest BCUT2D eigenvalue weighted by atomic mass is 10.2. The first-order chi connectivity index (χ1) is 6.25. The van der Waals surface area contributed by atoms with Crippen molar-refractivity contribution in [3.05, 3.63) is 20.8 Å². The number of carbonyl (C=O) groups is 1. The zero-order valence-corrected chi connectivity index (χ0v) is 9.87. The van der Waals surface area contributed by atoms with Crippen LogP contribution >= 0.6 is 27.3 Å². The summed E-state index contributed by atoms with van der Waals surface area (Å²) in [5.74, 6) is 0.233. The smallest absolute Gasteiger partial charge is 0.173 e. The molecule has 1 heterocycles. The van der Waals surface area contributed by atoms with Crippen LogP contribution in [0.25, 0.3) is 0 Å². The summed E-state index contributed by atoms with van der Waals surface area (Å²) in [5.41, 5.74) is 0. The Labute approximate surface area is 90.5 Å². The van der Waals surface area contributed by atoms with Crippen molar-refractivity contribution in [2.75, 3.05) is 13.6 Å². The van der Waals surface area contributed by atoms with Crippen LogP contribution in [0.2, 0.25) is 0 Å². The number of halogens is 1. The average Bonchev–Trinajstić information content (AvgIpc) is 2.52. The van der Waals surface area contributed by atoms with Gasteiger partial charge in [0.2, 0.25) is 0 Å². The molecule has 2 nitrogen and oxygen atoms in total. The Morgan fingerprint density at radius 2 is 2.46 bits per heavy atom. The SMILES string of the molecule is CNCCCC(=O)c1sccc1Br. The third-order valence-corrected chi connectivity index (χ3v) is 3.58. The van der Waals surface area contributed by atoms with Crippen LogP contribution in [0.3, 0.4) is 0 Å². The Bertz CT molecular complexity index is 285. The molecule has 13 heavy (non-hydrogen) atoms. The third kappa shape index (κ3) is 3.21. The fourth-order valence-corrected chi connectivity index (χ4v) is 2.59. The lowest BCUT2D eigenvalue weighted by Crippen LogP contribution is -2.09. The highest BCUT2D eigenvalue weighted by molar-refractivity contribution is 9.10. The molecular formula is C9H12BrNOS. The fraction of sp³-hybridized carbons (Fsp3) is 0.444. The molecule has 0 aromatic carbocycles. The minimum absolute atomic E-state index is 0.233. The van der Waals surface area contributed by atoms with Gasteiger partial charge < -0.3 is 5.32 Å². The first kappa shape index (κ1) is 10.9. The number of Topliss-reactive ketones (excluding diaryl/α,β-unsaturated/α-hetero) is 1. The van der Waals surface area contributed by atoms with E-state index in [1.165, 1.54) is 11.3 Å². The average molecular weight is 262 g/mol. The van der Waals surface area contributed by atoms with E-state index in [0.717, 1.165) is 22.3 Å². The number of rotatable bonds is 5. The zero-order valence-electron chi connectivity index (χ0n) is 7.47. The van der Waals surface area contributed by atoms with Crippen molar-refractivity contribution in [1.82, 2.24) is 5.32 Å². The minimum atomic E-state index is 0.233. The summed E-state index contributed by atoms with van der Waals surface area (Å²) in [7, 11) is 1.89. The fourth-order valence-electron chi connectivity index (χ4n) is 1.03. The molecule has 0 aliphatic carbocycles. The van der Waals surface area contributed by atoms with Gasteiger partial charge in [-0.05, 0) is 47.4 Å². The van der Waals surface area contributed by atoms with Crippen LogP contribution in [0.15, 0.2) is 15.9 Å². The van der Waals surface area contributed by atoms with Crippen LogP contribution in [0.1, 0.15) is 22.5 Å². The molecule has 0 spiro atoms. The van der Waals surface area contributed by atoms with Gasteiger partial charge in [0, 0.05) is 10.9 Å². The van der Waals surface area contributed by atoms with E-state index in [0.29, 0.717) is 6.42 Å². The monoisotopic (exact) mass is 261 g/mol. The van der Waals surface area contributed by atoms with Crippen LogP contribution in [0.5, 0.6) is 0 Å². The van der Waals surface area contributed by atoms with E-state index < -0.39 is 0 Å². The number of nitrogens with one attached hydrogen (secondary N) is 1. The molecule has 4 heteroatoms. The molecule has 0 atom stereocenters. The van der Waals surface area contributed by atoms with E-state index in [4.69, 9.17) is 0 Å². The second-order valence-corrected chi connectivity index (χ2v) is 4.50. The third-order valence-electron chi connectivity index (χ3n) is 1.70. The first-order valence-electron chi connectivity index (χ1n) is 4.16. The van der Waals surface area contributed by atoms with Crippen molar-refractivity contribution >= 4 is 33.0 Å². The van der Waals surface area contributed by atoms with Crippen molar-refractivity contribution in [2.24, 2.45) is 0 Å². The maximum Gasteiger partial charge on any atom is 0.173 e. The molecule has 0 radical (unpaired) electrons. The molecule has 0 aliphatic rings. The van der Waals surface area contributed by atoms with E-state index in [2.05, 4.69) is 21.2 Å². The predicted molar refractivity (Wildman–Crippen MR) is 59.5 cm³/mol. The predicted octanol–water partition coefficient (Wildman–Crippen LogP) is 2.69. The molecular weight excluding hydrogens is 250 g/mol. The van der Waals surface area contributed by atoms with Crippen LogP contribution in [-0.2, 0) is 0 Å². The number of carbonyl (C=O) groups excluding carboxylic acids is 1. The van der Waals surface area contributed by atoms with Crippen molar-refractivity contribution < 1.29 is 4.79 Å². The minimum Gasteiger partial charge on any atom is -0.320 e. The Hall–Kier alpha value is -0.190. The molecule has 0 fully saturated rings. The highest BCUT2D eigenvalue weighted by Crippen LogP contribution is 2.24. The maximum absolute atomic E-state index is 11.6. The van der Waals surface area contributed by atoms with Crippen molar-refractivity contribution in [3.8, 4) is 0 Å². The van der Waals surface area contributed by atoms with Gasteiger partial charge in [-0.1, -0.05) is 0 Å². The maximum atomic E-state index is 11.6. The van der Waals surface area contributed by atoms with Gasteiger partial charge in [-0.25, -0.2) is 0 Å². The molecule has 0 amide bonds. The van der Waals surface area contributed by atoms with E-state index in [-0.39, 0.29) is 5.78 Å². The summed E-state index contributed by atoms with van der Waals surface area (Å²) < 4.78 is 0.923. The molecule has 0 bridgehead atoms. The molecule has 0 saturated carbocycles. The van der Waals surface area contributed by atoms with Gasteiger partial charge in [0.05, 0.1) is 4.88 Å². The normalized spacial score (nSPS) is 10.3. The van der Waals surface area contributed by atoms with Crippen LogP contribution < -0.4 is 5.32 Å². The molecule has 72 valence electrons. The summed E-state index contributed by atoms with van der Waals surface area (Å²) in [5, 5.41) is 4.95. The van der Waals surface area contributed by atoms with Gasteiger partial charge in [-0.3, -0.25) is 4.79 Å². The molecule has 1 aromatic heterocycles. The van der Waals surface area contributed by atoms with E-state index in [1.807, 2.05) is 18.5 Å². The summed E-state index contributed by atoms with van der Waals surface area (Å²) in [6, 6.07) is 1.91. The quantitative estimate of drug-likeness (QED) is 0.653. The molecule has 0 saturated heterocycles. The van der Waals surface area contributed by atoms with Gasteiger partial charge in [-0.15, -0.1) is 11.3 Å². The number of thiophene rings is 1. The highest BCUT2D eigenvalue weighted by atomic mass is 79.9. The summed E-state index contributed by atoms with van der Waals surface area (Å²) in [4.78, 5) is 12.4. The Balaban J connectivity index is 2.45. The summed E-state index contributed by atoms with van der Waals surface area (Å²) in [6.45, 7) is 0.898. The summed E-state index contributed by atoms with van der Waals surface area (Å²) >= 11 is 4.85. The number of ketones is 1. The highest BCUT2D eigenvalue weighted by Gasteiger charge is 2.10. The molecule has 0 unspecified atom stereocenters. The van der Waals surface area contributed by atoms with Crippen molar-refractivity contribution in [1.29, 1.82) is 0 Å². The van der Waals surface area contributed by atoms with Crippen molar-refractivity contribution in [3.63, 3.8) is 0 Å². The molecule has 1 aromatic rings. The van der Waals surface area contributed by atoms with E-state index >= 15 is 0 Å². The molecule has 1 N–H and O–H groups in total. The second-order valence-electron chi connectivity index (χ2n) is 2.73. The van der Waals surface area contributed by atoms with Crippen molar-refractivity contribution in [2.45, 2.75) is 12.8 Å². The second kappa shape index (κ2) is 5.52. The summed E-state index contributed by atoms with van der Waals surface area (Å²) in [6.07, 6.45) is 1.53. The van der Waals surface area contributed by atoms with Gasteiger partial charge in [0.15, 0.2) is 5.78 Å². The van der Waals surface area contributed by atoms with Crippen LogP contribution in [0, 0.1) is 0 Å². The van der Waals surface area contributed by atoms with Gasteiger partial charge in [0.1, 0.15) is 0 Å².